The van der Waals surface area contributed by atoms with Gasteiger partial charge in [0, 0.05) is 16.6 Å². The summed E-state index contributed by atoms with van der Waals surface area (Å²) < 4.78 is 0. The molecule has 0 heterocycles. The number of benzene rings is 1. The van der Waals surface area contributed by atoms with E-state index in [-0.39, 0.29) is 10.6 Å². The molecule has 2 rings (SSSR count). The van der Waals surface area contributed by atoms with E-state index in [1.54, 1.807) is 12.3 Å². The van der Waals surface area contributed by atoms with Gasteiger partial charge >= 0.3 is 0 Å². The van der Waals surface area contributed by atoms with Gasteiger partial charge in [0.2, 0.25) is 0 Å². The Kier molecular flexibility index (Phi) is 3.57. The second kappa shape index (κ2) is 5.12. The van der Waals surface area contributed by atoms with Crippen LogP contribution in [0.4, 0.5) is 5.69 Å². The molecule has 0 aromatic heterocycles. The highest BCUT2D eigenvalue weighted by atomic mass is 79.9. The minimum atomic E-state index is 0.223. The SMILES string of the molecule is OC1=CC(Br)CC=C1C=Nc1ccccc1. The largest absolute Gasteiger partial charge is 0.508 e. The number of hydrogen-bond donors (Lipinski definition) is 1. The van der Waals surface area contributed by atoms with E-state index in [9.17, 15) is 5.11 Å². The number of aliphatic hydroxyl groups is 1. The Morgan fingerprint density at radius 2 is 2.06 bits per heavy atom. The number of alkyl halides is 1. The van der Waals surface area contributed by atoms with Gasteiger partial charge in [0.1, 0.15) is 5.76 Å². The van der Waals surface area contributed by atoms with Crippen LogP contribution in [0.5, 0.6) is 0 Å². The Morgan fingerprint density at radius 3 is 2.75 bits per heavy atom. The molecule has 2 nitrogen and oxygen atoms in total. The Balaban J connectivity index is 2.12. The van der Waals surface area contributed by atoms with Gasteiger partial charge in [-0.05, 0) is 24.6 Å². The zero-order chi connectivity index (χ0) is 11.4. The quantitative estimate of drug-likeness (QED) is 0.645. The maximum absolute atomic E-state index is 9.69. The lowest BCUT2D eigenvalue weighted by Crippen LogP contribution is -2.03. The summed E-state index contributed by atoms with van der Waals surface area (Å²) in [6.45, 7) is 0. The van der Waals surface area contributed by atoms with Crippen molar-refractivity contribution in [2.24, 2.45) is 4.99 Å². The van der Waals surface area contributed by atoms with Crippen LogP contribution in [0.25, 0.3) is 0 Å². The highest BCUT2D eigenvalue weighted by molar-refractivity contribution is 9.09. The lowest BCUT2D eigenvalue weighted by Gasteiger charge is -2.10. The van der Waals surface area contributed by atoms with E-state index in [4.69, 9.17) is 0 Å². The molecule has 3 heteroatoms. The van der Waals surface area contributed by atoms with Crippen LogP contribution in [0.1, 0.15) is 6.42 Å². The second-order valence-corrected chi connectivity index (χ2v) is 4.73. The smallest absolute Gasteiger partial charge is 0.121 e. The summed E-state index contributed by atoms with van der Waals surface area (Å²) in [6.07, 6.45) is 6.33. The van der Waals surface area contributed by atoms with Crippen molar-refractivity contribution in [2.75, 3.05) is 0 Å². The van der Waals surface area contributed by atoms with E-state index in [2.05, 4.69) is 20.9 Å². The van der Waals surface area contributed by atoms with Crippen LogP contribution in [-0.4, -0.2) is 16.1 Å². The molecule has 0 spiro atoms. The van der Waals surface area contributed by atoms with Gasteiger partial charge in [0.25, 0.3) is 0 Å². The first-order chi connectivity index (χ1) is 7.75. The molecule has 1 aliphatic rings. The summed E-state index contributed by atoms with van der Waals surface area (Å²) in [5, 5.41) is 9.69. The van der Waals surface area contributed by atoms with Gasteiger partial charge in [-0.25, -0.2) is 0 Å². The molecule has 1 unspecified atom stereocenters. The number of aliphatic hydroxyl groups excluding tert-OH is 1. The van der Waals surface area contributed by atoms with Crippen LogP contribution >= 0.6 is 15.9 Å². The fraction of sp³-hybridized carbons (Fsp3) is 0.154. The van der Waals surface area contributed by atoms with Crippen molar-refractivity contribution in [2.45, 2.75) is 11.2 Å². The highest BCUT2D eigenvalue weighted by Crippen LogP contribution is 2.21. The van der Waals surface area contributed by atoms with Crippen LogP contribution < -0.4 is 0 Å². The minimum Gasteiger partial charge on any atom is -0.508 e. The maximum Gasteiger partial charge on any atom is 0.121 e. The molecule has 16 heavy (non-hydrogen) atoms. The van der Waals surface area contributed by atoms with Gasteiger partial charge in [-0.3, -0.25) is 4.99 Å². The van der Waals surface area contributed by atoms with E-state index < -0.39 is 0 Å². The summed E-state index contributed by atoms with van der Waals surface area (Å²) in [4.78, 5) is 4.52. The molecular formula is C13H12BrNO. The second-order valence-electron chi connectivity index (χ2n) is 3.56. The Morgan fingerprint density at radius 1 is 1.31 bits per heavy atom. The number of para-hydroxylation sites is 1. The highest BCUT2D eigenvalue weighted by Gasteiger charge is 2.10. The first-order valence-electron chi connectivity index (χ1n) is 5.10. The summed E-state index contributed by atoms with van der Waals surface area (Å²) in [7, 11) is 0. The third-order valence-electron chi connectivity index (χ3n) is 2.31. The van der Waals surface area contributed by atoms with Crippen molar-refractivity contribution < 1.29 is 5.11 Å². The molecule has 1 aromatic carbocycles. The van der Waals surface area contributed by atoms with Gasteiger partial charge in [0.15, 0.2) is 0 Å². The van der Waals surface area contributed by atoms with E-state index in [0.29, 0.717) is 0 Å². The molecule has 0 bridgehead atoms. The van der Waals surface area contributed by atoms with E-state index in [1.807, 2.05) is 36.4 Å². The zero-order valence-corrected chi connectivity index (χ0v) is 10.3. The Labute approximate surface area is 103 Å². The third kappa shape index (κ3) is 2.83. The summed E-state index contributed by atoms with van der Waals surface area (Å²) in [5.41, 5.74) is 1.66. The monoisotopic (exact) mass is 277 g/mol. The molecule has 0 aliphatic heterocycles. The van der Waals surface area contributed by atoms with Gasteiger partial charge in [-0.2, -0.15) is 0 Å². The molecule has 82 valence electrons. The van der Waals surface area contributed by atoms with Crippen LogP contribution in [-0.2, 0) is 0 Å². The van der Waals surface area contributed by atoms with Gasteiger partial charge < -0.3 is 5.11 Å². The number of rotatable bonds is 2. The molecule has 0 saturated heterocycles. The predicted molar refractivity (Wildman–Crippen MR) is 70.7 cm³/mol. The minimum absolute atomic E-state index is 0.223. The lowest BCUT2D eigenvalue weighted by atomic mass is 10.1. The predicted octanol–water partition coefficient (Wildman–Crippen LogP) is 3.92. The summed E-state index contributed by atoms with van der Waals surface area (Å²) in [5.74, 6) is 0.285. The van der Waals surface area contributed by atoms with Gasteiger partial charge in [-0.15, -0.1) is 0 Å². The van der Waals surface area contributed by atoms with Crippen molar-refractivity contribution in [3.05, 3.63) is 53.8 Å². The number of halogens is 1. The van der Waals surface area contributed by atoms with E-state index in [0.717, 1.165) is 17.7 Å². The van der Waals surface area contributed by atoms with Crippen molar-refractivity contribution in [1.29, 1.82) is 0 Å². The van der Waals surface area contributed by atoms with E-state index in [1.165, 1.54) is 0 Å². The average Bonchev–Trinajstić information content (AvgIpc) is 2.29. The summed E-state index contributed by atoms with van der Waals surface area (Å²) >= 11 is 3.43. The van der Waals surface area contributed by atoms with Crippen LogP contribution in [0.3, 0.4) is 0 Å². The topological polar surface area (TPSA) is 32.6 Å². The Bertz CT molecular complexity index is 448. The molecule has 1 N–H and O–H groups in total. The molecule has 0 fully saturated rings. The normalized spacial score (nSPS) is 20.7. The van der Waals surface area contributed by atoms with Crippen LogP contribution in [0.15, 0.2) is 58.8 Å². The average molecular weight is 278 g/mol. The number of aliphatic imine (C=N–C) groups is 1. The molecule has 0 saturated carbocycles. The molecule has 0 amide bonds. The van der Waals surface area contributed by atoms with Gasteiger partial charge in [0.05, 0.1) is 5.69 Å². The molecule has 1 aliphatic carbocycles. The maximum atomic E-state index is 9.69. The third-order valence-corrected chi connectivity index (χ3v) is 2.94. The summed E-state index contributed by atoms with van der Waals surface area (Å²) in [6, 6.07) is 9.67. The zero-order valence-electron chi connectivity index (χ0n) is 8.68. The first kappa shape index (κ1) is 11.1. The van der Waals surface area contributed by atoms with E-state index >= 15 is 0 Å². The first-order valence-corrected chi connectivity index (χ1v) is 6.02. The number of hydrogen-bond acceptors (Lipinski definition) is 2. The van der Waals surface area contributed by atoms with Crippen molar-refractivity contribution >= 4 is 27.8 Å². The molecular weight excluding hydrogens is 266 g/mol. The van der Waals surface area contributed by atoms with Gasteiger partial charge in [-0.1, -0.05) is 40.2 Å². The van der Waals surface area contributed by atoms with Crippen LogP contribution in [0.2, 0.25) is 0 Å². The standard InChI is InChI=1S/C13H12BrNO/c14-11-7-6-10(13(16)8-11)9-15-12-4-2-1-3-5-12/h1-6,8-9,11,16H,7H2. The lowest BCUT2D eigenvalue weighted by molar-refractivity contribution is 0.423. The number of allylic oxidation sites excluding steroid dienone is 3. The van der Waals surface area contributed by atoms with Crippen molar-refractivity contribution in [3.63, 3.8) is 0 Å². The fourth-order valence-corrected chi connectivity index (χ4v) is 1.89. The van der Waals surface area contributed by atoms with Crippen molar-refractivity contribution in [1.82, 2.24) is 0 Å². The fourth-order valence-electron chi connectivity index (χ4n) is 1.46. The molecule has 1 atom stereocenters. The molecule has 1 aromatic rings. The molecule has 0 radical (unpaired) electrons. The van der Waals surface area contributed by atoms with Crippen LogP contribution in [0, 0.1) is 0 Å². The Hall–Kier alpha value is -1.35. The van der Waals surface area contributed by atoms with Crippen molar-refractivity contribution in [3.8, 4) is 0 Å². The number of nitrogens with zero attached hydrogens (tertiary/aromatic N) is 1.